The molecule has 2 unspecified atom stereocenters. The van der Waals surface area contributed by atoms with Crippen molar-refractivity contribution in [3.8, 4) is 0 Å². The first-order valence-corrected chi connectivity index (χ1v) is 8.59. The minimum atomic E-state index is -3.75. The van der Waals surface area contributed by atoms with Crippen molar-refractivity contribution >= 4 is 21.6 Å². The van der Waals surface area contributed by atoms with Gasteiger partial charge in [0.15, 0.2) is 0 Å². The first-order chi connectivity index (χ1) is 10.3. The SMILES string of the molecule is CC(=O)Nc1cc(S(=O)(=O)NC2CCNC(C)C2)ccc1F. The zero-order chi connectivity index (χ0) is 16.3. The second-order valence-electron chi connectivity index (χ2n) is 5.52. The van der Waals surface area contributed by atoms with Crippen LogP contribution in [0.25, 0.3) is 0 Å². The molecule has 2 atom stereocenters. The summed E-state index contributed by atoms with van der Waals surface area (Å²) in [5, 5.41) is 5.52. The quantitative estimate of drug-likeness (QED) is 0.775. The molecule has 1 heterocycles. The monoisotopic (exact) mass is 329 g/mol. The Labute approximate surface area is 129 Å². The molecule has 8 heteroatoms. The number of benzene rings is 1. The molecule has 1 aromatic rings. The summed E-state index contributed by atoms with van der Waals surface area (Å²) < 4.78 is 41.0. The summed E-state index contributed by atoms with van der Waals surface area (Å²) in [6.45, 7) is 3.97. The third kappa shape index (κ3) is 4.25. The lowest BCUT2D eigenvalue weighted by molar-refractivity contribution is -0.114. The molecule has 0 saturated carbocycles. The van der Waals surface area contributed by atoms with Gasteiger partial charge in [0, 0.05) is 19.0 Å². The van der Waals surface area contributed by atoms with Gasteiger partial charge in [0.05, 0.1) is 10.6 Å². The van der Waals surface area contributed by atoms with Crippen LogP contribution in [0.2, 0.25) is 0 Å². The van der Waals surface area contributed by atoms with Gasteiger partial charge < -0.3 is 10.6 Å². The van der Waals surface area contributed by atoms with E-state index in [1.54, 1.807) is 0 Å². The molecule has 0 radical (unpaired) electrons. The molecule has 3 N–H and O–H groups in total. The molecule has 1 aliphatic heterocycles. The minimum Gasteiger partial charge on any atom is -0.324 e. The van der Waals surface area contributed by atoms with Gasteiger partial charge >= 0.3 is 0 Å². The summed E-state index contributed by atoms with van der Waals surface area (Å²) in [4.78, 5) is 11.0. The fourth-order valence-corrected chi connectivity index (χ4v) is 3.79. The Morgan fingerprint density at radius 3 is 2.77 bits per heavy atom. The summed E-state index contributed by atoms with van der Waals surface area (Å²) in [6.07, 6.45) is 1.39. The largest absolute Gasteiger partial charge is 0.324 e. The molecule has 0 aliphatic carbocycles. The Hall–Kier alpha value is -1.51. The van der Waals surface area contributed by atoms with Crippen LogP contribution in [0, 0.1) is 5.82 Å². The number of nitrogens with one attached hydrogen (secondary N) is 3. The van der Waals surface area contributed by atoms with Gasteiger partial charge in [-0.1, -0.05) is 0 Å². The van der Waals surface area contributed by atoms with E-state index in [0.29, 0.717) is 12.8 Å². The highest BCUT2D eigenvalue weighted by Gasteiger charge is 2.25. The number of anilines is 1. The Morgan fingerprint density at radius 1 is 1.41 bits per heavy atom. The van der Waals surface area contributed by atoms with E-state index in [4.69, 9.17) is 0 Å². The second kappa shape index (κ2) is 6.72. The van der Waals surface area contributed by atoms with Gasteiger partial charge in [-0.2, -0.15) is 0 Å². The number of sulfonamides is 1. The standard InChI is InChI=1S/C14H20FN3O3S/c1-9-7-11(5-6-16-9)18-22(20,21)12-3-4-13(15)14(8-12)17-10(2)19/h3-4,8-9,11,16,18H,5-7H2,1-2H3,(H,17,19). The summed E-state index contributed by atoms with van der Waals surface area (Å²) in [7, 11) is -3.75. The van der Waals surface area contributed by atoms with Crippen LogP contribution in [0.1, 0.15) is 26.7 Å². The predicted octanol–water partition coefficient (Wildman–Crippen LogP) is 1.20. The second-order valence-corrected chi connectivity index (χ2v) is 7.23. The molecule has 2 rings (SSSR count). The number of halogens is 1. The first-order valence-electron chi connectivity index (χ1n) is 7.11. The summed E-state index contributed by atoms with van der Waals surface area (Å²) in [6, 6.07) is 3.43. The van der Waals surface area contributed by atoms with Crippen molar-refractivity contribution < 1.29 is 17.6 Å². The van der Waals surface area contributed by atoms with Gasteiger partial charge in [-0.05, 0) is 44.5 Å². The van der Waals surface area contributed by atoms with Crippen LogP contribution in [0.15, 0.2) is 23.1 Å². The van der Waals surface area contributed by atoms with Crippen molar-refractivity contribution in [3.63, 3.8) is 0 Å². The molecule has 1 fully saturated rings. The molecular weight excluding hydrogens is 309 g/mol. The number of hydrogen-bond acceptors (Lipinski definition) is 4. The van der Waals surface area contributed by atoms with E-state index < -0.39 is 21.7 Å². The Balaban J connectivity index is 2.20. The molecule has 0 bridgehead atoms. The van der Waals surface area contributed by atoms with Crippen molar-refractivity contribution in [1.82, 2.24) is 10.0 Å². The van der Waals surface area contributed by atoms with Gasteiger partial charge in [-0.25, -0.2) is 17.5 Å². The first kappa shape index (κ1) is 16.9. The molecule has 1 amide bonds. The maximum Gasteiger partial charge on any atom is 0.240 e. The maximum absolute atomic E-state index is 13.6. The average molecular weight is 329 g/mol. The maximum atomic E-state index is 13.6. The summed E-state index contributed by atoms with van der Waals surface area (Å²) >= 11 is 0. The van der Waals surface area contributed by atoms with E-state index in [1.165, 1.54) is 13.0 Å². The Bertz CT molecular complexity index is 663. The van der Waals surface area contributed by atoms with Crippen molar-refractivity contribution in [2.24, 2.45) is 0 Å². The van der Waals surface area contributed by atoms with Crippen molar-refractivity contribution in [2.75, 3.05) is 11.9 Å². The minimum absolute atomic E-state index is 0.0659. The van der Waals surface area contributed by atoms with Crippen molar-refractivity contribution in [2.45, 2.75) is 43.7 Å². The zero-order valence-corrected chi connectivity index (χ0v) is 13.3. The van der Waals surface area contributed by atoms with Crippen LogP contribution in [0.4, 0.5) is 10.1 Å². The van der Waals surface area contributed by atoms with Crippen LogP contribution in [-0.2, 0) is 14.8 Å². The van der Waals surface area contributed by atoms with Crippen LogP contribution < -0.4 is 15.4 Å². The highest BCUT2D eigenvalue weighted by atomic mass is 32.2. The highest BCUT2D eigenvalue weighted by molar-refractivity contribution is 7.89. The number of carbonyl (C=O) groups excluding carboxylic acids is 1. The van der Waals surface area contributed by atoms with Gasteiger partial charge in [0.1, 0.15) is 5.82 Å². The van der Waals surface area contributed by atoms with Gasteiger partial charge in [0.25, 0.3) is 0 Å². The molecule has 1 aromatic carbocycles. The number of amides is 1. The number of hydrogen-bond donors (Lipinski definition) is 3. The highest BCUT2D eigenvalue weighted by Crippen LogP contribution is 2.21. The molecule has 0 spiro atoms. The number of rotatable bonds is 4. The summed E-state index contributed by atoms with van der Waals surface area (Å²) in [5.41, 5.74) is -0.144. The van der Waals surface area contributed by atoms with E-state index in [-0.39, 0.29) is 22.7 Å². The lowest BCUT2D eigenvalue weighted by Crippen LogP contribution is -2.46. The third-order valence-corrected chi connectivity index (χ3v) is 5.02. The molecule has 1 aliphatic rings. The van der Waals surface area contributed by atoms with Crippen LogP contribution in [0.5, 0.6) is 0 Å². The van der Waals surface area contributed by atoms with Crippen LogP contribution in [-0.4, -0.2) is 33.0 Å². The van der Waals surface area contributed by atoms with Crippen molar-refractivity contribution in [3.05, 3.63) is 24.0 Å². The molecular formula is C14H20FN3O3S. The number of carbonyl (C=O) groups is 1. The summed E-state index contributed by atoms with van der Waals surface area (Å²) in [5.74, 6) is -1.14. The topological polar surface area (TPSA) is 87.3 Å². The van der Waals surface area contributed by atoms with Crippen LogP contribution >= 0.6 is 0 Å². The number of piperidine rings is 1. The Kier molecular flexibility index (Phi) is 5.15. The lowest BCUT2D eigenvalue weighted by atomic mass is 10.0. The Morgan fingerprint density at radius 2 is 2.14 bits per heavy atom. The van der Waals surface area contributed by atoms with Gasteiger partial charge in [-0.15, -0.1) is 0 Å². The van der Waals surface area contributed by atoms with E-state index in [9.17, 15) is 17.6 Å². The molecule has 1 saturated heterocycles. The van der Waals surface area contributed by atoms with E-state index >= 15 is 0 Å². The van der Waals surface area contributed by atoms with Gasteiger partial charge in [-0.3, -0.25) is 4.79 Å². The van der Waals surface area contributed by atoms with E-state index in [2.05, 4.69) is 15.4 Å². The van der Waals surface area contributed by atoms with Crippen molar-refractivity contribution in [1.29, 1.82) is 0 Å². The molecule has 22 heavy (non-hydrogen) atoms. The van der Waals surface area contributed by atoms with Crippen LogP contribution in [0.3, 0.4) is 0 Å². The predicted molar refractivity (Wildman–Crippen MR) is 81.5 cm³/mol. The van der Waals surface area contributed by atoms with E-state index in [0.717, 1.165) is 18.7 Å². The lowest BCUT2D eigenvalue weighted by Gasteiger charge is -2.28. The third-order valence-electron chi connectivity index (χ3n) is 3.50. The van der Waals surface area contributed by atoms with Gasteiger partial charge in [0.2, 0.25) is 15.9 Å². The molecule has 6 nitrogen and oxygen atoms in total. The fourth-order valence-electron chi connectivity index (χ4n) is 2.48. The zero-order valence-electron chi connectivity index (χ0n) is 12.5. The fraction of sp³-hybridized carbons (Fsp3) is 0.500. The normalized spacial score (nSPS) is 22.3. The van der Waals surface area contributed by atoms with E-state index in [1.807, 2.05) is 6.92 Å². The average Bonchev–Trinajstić information content (AvgIpc) is 2.40. The molecule has 122 valence electrons. The smallest absolute Gasteiger partial charge is 0.240 e. The molecule has 0 aromatic heterocycles.